The standard InChI is InChI=1S/C31H19ClF2O2/c32-20-11-8-17(9-12-20)14-23-28-19(15-24(31(23)36)29-25(33)6-3-7-26(29)34)10-13-22-21-5-2-1-4-18(21)16-27(35)30(22)28/h1-13,15-16,23-24H,14H2. The minimum Gasteiger partial charge on any atom is -0.298 e. The predicted octanol–water partition coefficient (Wildman–Crippen LogP) is 5.36. The van der Waals surface area contributed by atoms with Gasteiger partial charge in [-0.15, -0.1) is 0 Å². The Bertz CT molecular complexity index is 1770. The summed E-state index contributed by atoms with van der Waals surface area (Å²) < 4.78 is 29.6. The number of ketones is 2. The monoisotopic (exact) mass is 496 g/mol. The van der Waals surface area contributed by atoms with Crippen LogP contribution in [0, 0.1) is 22.1 Å². The average Bonchev–Trinajstić information content (AvgIpc) is 2.87. The SMILES string of the molecule is O=C1C=c2ccccc2=c2ccc3c(c21)C(Cc1ccc(Cl)cc1)C(=O)C(c1c(F)cccc1F)C=3. The van der Waals surface area contributed by atoms with Gasteiger partial charge in [0.1, 0.15) is 11.6 Å². The summed E-state index contributed by atoms with van der Waals surface area (Å²) in [6, 6.07) is 22.0. The van der Waals surface area contributed by atoms with Gasteiger partial charge in [-0.05, 0) is 68.8 Å². The van der Waals surface area contributed by atoms with Crippen molar-refractivity contribution in [1.82, 2.24) is 0 Å². The molecule has 0 spiro atoms. The van der Waals surface area contributed by atoms with Crippen molar-refractivity contribution >= 4 is 35.3 Å². The van der Waals surface area contributed by atoms with Crippen LogP contribution in [0.2, 0.25) is 5.02 Å². The molecule has 2 nitrogen and oxygen atoms in total. The fourth-order valence-corrected chi connectivity index (χ4v) is 5.57. The van der Waals surface area contributed by atoms with Crippen LogP contribution in [0.4, 0.5) is 8.78 Å². The fraction of sp³-hybridized carbons (Fsp3) is 0.0968. The third-order valence-corrected chi connectivity index (χ3v) is 7.32. The lowest BCUT2D eigenvalue weighted by molar-refractivity contribution is -0.121. The van der Waals surface area contributed by atoms with Gasteiger partial charge < -0.3 is 0 Å². The second-order valence-corrected chi connectivity index (χ2v) is 9.59. The van der Waals surface area contributed by atoms with E-state index in [1.165, 1.54) is 6.07 Å². The molecule has 0 N–H and O–H groups in total. The molecule has 6 rings (SSSR count). The molecule has 0 heterocycles. The van der Waals surface area contributed by atoms with Crippen LogP contribution >= 0.6 is 11.6 Å². The number of carbonyl (C=O) groups excluding carboxylic acids is 2. The molecule has 0 saturated heterocycles. The summed E-state index contributed by atoms with van der Waals surface area (Å²) in [6.07, 6.45) is 3.45. The highest BCUT2D eigenvalue weighted by molar-refractivity contribution is 6.30. The minimum absolute atomic E-state index is 0.182. The van der Waals surface area contributed by atoms with Crippen LogP contribution in [0.3, 0.4) is 0 Å². The van der Waals surface area contributed by atoms with E-state index in [0.717, 1.165) is 33.4 Å². The van der Waals surface area contributed by atoms with Crippen molar-refractivity contribution in [2.24, 2.45) is 0 Å². The lowest BCUT2D eigenvalue weighted by Crippen LogP contribution is -2.35. The molecule has 0 aromatic heterocycles. The van der Waals surface area contributed by atoms with Gasteiger partial charge in [-0.1, -0.05) is 72.3 Å². The Labute approximate surface area is 210 Å². The maximum atomic E-state index is 14.8. The number of fused-ring (bicyclic) bond motifs is 4. The van der Waals surface area contributed by atoms with Crippen LogP contribution in [0.15, 0.2) is 78.9 Å². The van der Waals surface area contributed by atoms with Gasteiger partial charge in [0.25, 0.3) is 0 Å². The second kappa shape index (κ2) is 8.65. The van der Waals surface area contributed by atoms with Crippen molar-refractivity contribution in [3.05, 3.63) is 139 Å². The zero-order valence-corrected chi connectivity index (χ0v) is 19.7. The van der Waals surface area contributed by atoms with Gasteiger partial charge in [-0.25, -0.2) is 8.78 Å². The molecule has 0 radical (unpaired) electrons. The molecular formula is C31H19ClF2O2. The van der Waals surface area contributed by atoms with E-state index < -0.39 is 23.5 Å². The Morgan fingerprint density at radius 2 is 1.44 bits per heavy atom. The van der Waals surface area contributed by atoms with E-state index in [9.17, 15) is 18.4 Å². The summed E-state index contributed by atoms with van der Waals surface area (Å²) in [5, 5.41) is 3.69. The van der Waals surface area contributed by atoms with Crippen molar-refractivity contribution in [2.45, 2.75) is 18.3 Å². The number of hydrogen-bond donors (Lipinski definition) is 0. The van der Waals surface area contributed by atoms with Gasteiger partial charge in [0, 0.05) is 22.1 Å². The molecule has 2 aliphatic carbocycles. The van der Waals surface area contributed by atoms with Crippen molar-refractivity contribution < 1.29 is 18.4 Å². The molecule has 36 heavy (non-hydrogen) atoms. The lowest BCUT2D eigenvalue weighted by atomic mass is 9.72. The average molecular weight is 497 g/mol. The highest BCUT2D eigenvalue weighted by Crippen LogP contribution is 2.37. The van der Waals surface area contributed by atoms with E-state index >= 15 is 0 Å². The summed E-state index contributed by atoms with van der Waals surface area (Å²) >= 11 is 6.06. The van der Waals surface area contributed by atoms with Crippen LogP contribution in [-0.4, -0.2) is 11.6 Å². The van der Waals surface area contributed by atoms with Crippen molar-refractivity contribution in [1.29, 1.82) is 0 Å². The Morgan fingerprint density at radius 3 is 2.19 bits per heavy atom. The van der Waals surface area contributed by atoms with Gasteiger partial charge in [-0.2, -0.15) is 0 Å². The normalized spacial score (nSPS) is 18.0. The maximum Gasteiger partial charge on any atom is 0.187 e. The number of rotatable bonds is 3. The van der Waals surface area contributed by atoms with Gasteiger partial charge in [0.2, 0.25) is 0 Å². The van der Waals surface area contributed by atoms with Crippen LogP contribution in [0.1, 0.15) is 38.9 Å². The smallest absolute Gasteiger partial charge is 0.187 e. The Balaban J connectivity index is 1.67. The fourth-order valence-electron chi connectivity index (χ4n) is 5.44. The van der Waals surface area contributed by atoms with E-state index in [1.807, 2.05) is 48.5 Å². The highest BCUT2D eigenvalue weighted by Gasteiger charge is 2.37. The van der Waals surface area contributed by atoms with Crippen molar-refractivity contribution in [3.63, 3.8) is 0 Å². The van der Waals surface area contributed by atoms with Gasteiger partial charge in [0.15, 0.2) is 11.6 Å². The first kappa shape index (κ1) is 22.6. The number of hydrogen-bond acceptors (Lipinski definition) is 2. The zero-order chi connectivity index (χ0) is 25.0. The van der Waals surface area contributed by atoms with Crippen LogP contribution in [0.5, 0.6) is 0 Å². The molecule has 4 aromatic carbocycles. The summed E-state index contributed by atoms with van der Waals surface area (Å²) in [7, 11) is 0. The van der Waals surface area contributed by atoms with Crippen molar-refractivity contribution in [2.75, 3.05) is 0 Å². The first-order valence-corrected chi connectivity index (χ1v) is 12.0. The van der Waals surface area contributed by atoms with Crippen LogP contribution in [0.25, 0.3) is 12.2 Å². The number of halogens is 3. The van der Waals surface area contributed by atoms with E-state index in [4.69, 9.17) is 11.6 Å². The van der Waals surface area contributed by atoms with Gasteiger partial charge in [0.05, 0.1) is 5.92 Å². The Morgan fingerprint density at radius 1 is 0.722 bits per heavy atom. The second-order valence-electron chi connectivity index (χ2n) is 9.15. The molecule has 0 amide bonds. The third kappa shape index (κ3) is 3.61. The molecule has 2 unspecified atom stereocenters. The van der Waals surface area contributed by atoms with E-state index in [2.05, 4.69) is 0 Å². The summed E-state index contributed by atoms with van der Waals surface area (Å²) in [5.41, 5.74) is 1.65. The highest BCUT2D eigenvalue weighted by atomic mass is 35.5. The summed E-state index contributed by atoms with van der Waals surface area (Å²) in [6.45, 7) is 0. The van der Waals surface area contributed by atoms with Crippen LogP contribution < -0.4 is 10.4 Å². The first-order chi connectivity index (χ1) is 17.4. The topological polar surface area (TPSA) is 34.1 Å². The molecule has 0 bridgehead atoms. The minimum atomic E-state index is -1.11. The Kier molecular flexibility index (Phi) is 5.42. The number of Topliss-reactive ketones (excluding diaryl/α,β-unsaturated/α-hetero) is 2. The molecule has 2 aliphatic rings. The molecule has 2 atom stereocenters. The van der Waals surface area contributed by atoms with Gasteiger partial charge >= 0.3 is 0 Å². The molecule has 5 heteroatoms. The Hall–Kier alpha value is -3.89. The summed E-state index contributed by atoms with van der Waals surface area (Å²) in [5.74, 6) is -3.94. The predicted molar refractivity (Wildman–Crippen MR) is 135 cm³/mol. The molecule has 0 aliphatic heterocycles. The summed E-state index contributed by atoms with van der Waals surface area (Å²) in [4.78, 5) is 27.4. The first-order valence-electron chi connectivity index (χ1n) is 11.6. The number of carbonyl (C=O) groups is 2. The largest absolute Gasteiger partial charge is 0.298 e. The zero-order valence-electron chi connectivity index (χ0n) is 19.0. The van der Waals surface area contributed by atoms with Crippen molar-refractivity contribution in [3.8, 4) is 0 Å². The van der Waals surface area contributed by atoms with E-state index in [1.54, 1.807) is 24.3 Å². The molecule has 0 saturated carbocycles. The molecule has 176 valence electrons. The maximum absolute atomic E-state index is 14.8. The quantitative estimate of drug-likeness (QED) is 0.383. The molecular weight excluding hydrogens is 478 g/mol. The van der Waals surface area contributed by atoms with Gasteiger partial charge in [-0.3, -0.25) is 9.59 Å². The lowest BCUT2D eigenvalue weighted by Gasteiger charge is -2.29. The molecule has 0 fully saturated rings. The number of benzene rings is 4. The third-order valence-electron chi connectivity index (χ3n) is 7.07. The van der Waals surface area contributed by atoms with E-state index in [-0.39, 0.29) is 23.6 Å². The van der Waals surface area contributed by atoms with E-state index in [0.29, 0.717) is 21.4 Å². The van der Waals surface area contributed by atoms with Crippen LogP contribution in [-0.2, 0) is 11.2 Å². The molecule has 4 aromatic rings.